The van der Waals surface area contributed by atoms with Gasteiger partial charge in [0, 0.05) is 11.6 Å². The normalized spacial score (nSPS) is 11.8. The van der Waals surface area contributed by atoms with Crippen LogP contribution in [0.15, 0.2) is 17.4 Å². The molecule has 0 aliphatic rings. The fraction of sp³-hybridized carbons (Fsp3) is 0.571. The molecule has 10 heavy (non-hydrogen) atoms. The van der Waals surface area contributed by atoms with E-state index in [1.807, 2.05) is 20.8 Å². The summed E-state index contributed by atoms with van der Waals surface area (Å²) in [6.07, 6.45) is 0. The molecule has 0 aliphatic carbocycles. The number of nitrogens with one attached hydrogen (secondary N) is 1. The molecule has 0 bridgehead atoms. The highest BCUT2D eigenvalue weighted by molar-refractivity contribution is 5.81. The maximum atomic E-state index is 5.51. The Kier molecular flexibility index (Phi) is 3.54. The Morgan fingerprint density at radius 1 is 1.60 bits per heavy atom. The van der Waals surface area contributed by atoms with Crippen LogP contribution in [0.1, 0.15) is 20.8 Å². The number of nitrogens with zero attached hydrogens (tertiary/aromatic N) is 1. The summed E-state index contributed by atoms with van der Waals surface area (Å²) in [7, 11) is 0. The van der Waals surface area contributed by atoms with Gasteiger partial charge in [0.05, 0.1) is 0 Å². The molecule has 0 aliphatic heterocycles. The van der Waals surface area contributed by atoms with Crippen LogP contribution in [0.4, 0.5) is 0 Å². The van der Waals surface area contributed by atoms with Crippen LogP contribution in [0.3, 0.4) is 0 Å². The second kappa shape index (κ2) is 3.93. The first-order valence-corrected chi connectivity index (χ1v) is 3.28. The molecular formula is C7H15N3. The van der Waals surface area contributed by atoms with Gasteiger partial charge < -0.3 is 5.73 Å². The molecule has 0 saturated carbocycles. The largest absolute Gasteiger partial charge is 0.386 e. The lowest BCUT2D eigenvalue weighted by Gasteiger charge is -2.03. The monoisotopic (exact) mass is 141 g/mol. The Morgan fingerprint density at radius 3 is 2.40 bits per heavy atom. The maximum absolute atomic E-state index is 5.51. The standard InChI is InChI=1S/C7H15N3/c1-5(2)7(8)10-9-6(3)4/h5,9H,3H2,1-2,4H3,(H2,8,10). The van der Waals surface area contributed by atoms with Crippen LogP contribution < -0.4 is 11.2 Å². The molecule has 0 atom stereocenters. The number of amidine groups is 1. The molecule has 0 amide bonds. The SMILES string of the molecule is C=C(C)NN=C(N)C(C)C. The molecule has 0 heterocycles. The molecule has 3 N–H and O–H groups in total. The molecule has 0 unspecified atom stereocenters. The van der Waals surface area contributed by atoms with Gasteiger partial charge >= 0.3 is 0 Å². The molecule has 0 aromatic heterocycles. The molecule has 0 radical (unpaired) electrons. The van der Waals surface area contributed by atoms with Crippen molar-refractivity contribution in [3.63, 3.8) is 0 Å². The van der Waals surface area contributed by atoms with E-state index in [2.05, 4.69) is 17.1 Å². The van der Waals surface area contributed by atoms with Crippen molar-refractivity contribution in [1.82, 2.24) is 5.43 Å². The van der Waals surface area contributed by atoms with Gasteiger partial charge in [-0.15, -0.1) is 0 Å². The number of hydrazone groups is 1. The van der Waals surface area contributed by atoms with E-state index in [1.54, 1.807) is 0 Å². The molecule has 0 spiro atoms. The maximum Gasteiger partial charge on any atom is 0.122 e. The molecule has 0 rings (SSSR count). The van der Waals surface area contributed by atoms with Crippen molar-refractivity contribution < 1.29 is 0 Å². The van der Waals surface area contributed by atoms with Crippen molar-refractivity contribution in [3.8, 4) is 0 Å². The predicted molar refractivity (Wildman–Crippen MR) is 44.4 cm³/mol. The third-order valence-corrected chi connectivity index (χ3v) is 0.967. The van der Waals surface area contributed by atoms with E-state index in [9.17, 15) is 0 Å². The van der Waals surface area contributed by atoms with Crippen LogP contribution in [0.5, 0.6) is 0 Å². The molecule has 0 saturated heterocycles. The minimum absolute atomic E-state index is 0.284. The van der Waals surface area contributed by atoms with E-state index in [4.69, 9.17) is 5.73 Å². The quantitative estimate of drug-likeness (QED) is 0.350. The Balaban J connectivity index is 3.80. The van der Waals surface area contributed by atoms with E-state index in [-0.39, 0.29) is 5.92 Å². The van der Waals surface area contributed by atoms with Crippen molar-refractivity contribution in [2.45, 2.75) is 20.8 Å². The van der Waals surface area contributed by atoms with Crippen LogP contribution in [0.2, 0.25) is 0 Å². The highest BCUT2D eigenvalue weighted by atomic mass is 15.3. The van der Waals surface area contributed by atoms with Crippen molar-refractivity contribution in [3.05, 3.63) is 12.3 Å². The van der Waals surface area contributed by atoms with Gasteiger partial charge in [0.1, 0.15) is 5.84 Å². The number of hydrogen-bond acceptors (Lipinski definition) is 2. The molecule has 58 valence electrons. The van der Waals surface area contributed by atoms with Gasteiger partial charge in [0.25, 0.3) is 0 Å². The zero-order valence-electron chi connectivity index (χ0n) is 6.81. The first-order valence-electron chi connectivity index (χ1n) is 3.28. The van der Waals surface area contributed by atoms with Crippen molar-refractivity contribution >= 4 is 5.84 Å². The topological polar surface area (TPSA) is 50.4 Å². The summed E-state index contributed by atoms with van der Waals surface area (Å²) >= 11 is 0. The number of nitrogens with two attached hydrogens (primary N) is 1. The lowest BCUT2D eigenvalue weighted by molar-refractivity contribution is 0.816. The van der Waals surface area contributed by atoms with E-state index in [1.165, 1.54) is 0 Å². The van der Waals surface area contributed by atoms with Gasteiger partial charge in [0.15, 0.2) is 0 Å². The Labute approximate surface area is 62.0 Å². The second-order valence-electron chi connectivity index (χ2n) is 2.58. The Hall–Kier alpha value is -0.990. The van der Waals surface area contributed by atoms with Crippen molar-refractivity contribution in [2.24, 2.45) is 16.8 Å². The lowest BCUT2D eigenvalue weighted by Crippen LogP contribution is -2.22. The first-order chi connectivity index (χ1) is 4.54. The average molecular weight is 141 g/mol. The lowest BCUT2D eigenvalue weighted by atomic mass is 10.2. The van der Waals surface area contributed by atoms with Gasteiger partial charge in [-0.3, -0.25) is 5.43 Å². The fourth-order valence-electron chi connectivity index (χ4n) is 0.289. The van der Waals surface area contributed by atoms with Crippen LogP contribution in [0.25, 0.3) is 0 Å². The molecule has 3 heteroatoms. The average Bonchev–Trinajstić information content (AvgIpc) is 1.82. The Bertz CT molecular complexity index is 147. The third kappa shape index (κ3) is 3.95. The Morgan fingerprint density at radius 2 is 2.10 bits per heavy atom. The summed E-state index contributed by atoms with van der Waals surface area (Å²) in [4.78, 5) is 0. The summed E-state index contributed by atoms with van der Waals surface area (Å²) in [6, 6.07) is 0. The smallest absolute Gasteiger partial charge is 0.122 e. The zero-order chi connectivity index (χ0) is 8.15. The minimum Gasteiger partial charge on any atom is -0.386 e. The van der Waals surface area contributed by atoms with Gasteiger partial charge in [-0.2, -0.15) is 5.10 Å². The van der Waals surface area contributed by atoms with Gasteiger partial charge in [-0.25, -0.2) is 0 Å². The summed E-state index contributed by atoms with van der Waals surface area (Å²) < 4.78 is 0. The van der Waals surface area contributed by atoms with Crippen LogP contribution in [-0.4, -0.2) is 5.84 Å². The summed E-state index contributed by atoms with van der Waals surface area (Å²) in [5.41, 5.74) is 9.00. The fourth-order valence-corrected chi connectivity index (χ4v) is 0.289. The van der Waals surface area contributed by atoms with E-state index in [0.717, 1.165) is 5.70 Å². The van der Waals surface area contributed by atoms with Crippen molar-refractivity contribution in [2.75, 3.05) is 0 Å². The van der Waals surface area contributed by atoms with Gasteiger partial charge in [-0.05, 0) is 6.92 Å². The summed E-state index contributed by atoms with van der Waals surface area (Å²) in [5.74, 6) is 0.884. The van der Waals surface area contributed by atoms with Crippen LogP contribution in [0, 0.1) is 5.92 Å². The van der Waals surface area contributed by atoms with Crippen LogP contribution in [-0.2, 0) is 0 Å². The summed E-state index contributed by atoms with van der Waals surface area (Å²) in [5, 5.41) is 3.87. The van der Waals surface area contributed by atoms with E-state index < -0.39 is 0 Å². The van der Waals surface area contributed by atoms with Gasteiger partial charge in [0.2, 0.25) is 0 Å². The number of hydrogen-bond donors (Lipinski definition) is 2. The highest BCUT2D eigenvalue weighted by Crippen LogP contribution is 1.90. The zero-order valence-corrected chi connectivity index (χ0v) is 6.81. The number of allylic oxidation sites excluding steroid dienone is 1. The van der Waals surface area contributed by atoms with E-state index >= 15 is 0 Å². The van der Waals surface area contributed by atoms with E-state index in [0.29, 0.717) is 5.84 Å². The molecule has 0 aromatic rings. The highest BCUT2D eigenvalue weighted by Gasteiger charge is 1.96. The second-order valence-corrected chi connectivity index (χ2v) is 2.58. The molecule has 0 fully saturated rings. The van der Waals surface area contributed by atoms with Crippen LogP contribution >= 0.6 is 0 Å². The minimum atomic E-state index is 0.284. The summed E-state index contributed by atoms with van der Waals surface area (Å²) in [6.45, 7) is 9.41. The predicted octanol–water partition coefficient (Wildman–Crippen LogP) is 1.04. The number of rotatable bonds is 3. The third-order valence-electron chi connectivity index (χ3n) is 0.967. The van der Waals surface area contributed by atoms with Gasteiger partial charge in [-0.1, -0.05) is 20.4 Å². The first kappa shape index (κ1) is 9.01. The van der Waals surface area contributed by atoms with Crippen molar-refractivity contribution in [1.29, 1.82) is 0 Å². The molecule has 3 nitrogen and oxygen atoms in total. The molecule has 0 aromatic carbocycles. The molecular weight excluding hydrogens is 126 g/mol.